The maximum Gasteiger partial charge on any atom is 0.211 e. The molecule has 0 saturated carbocycles. The van der Waals surface area contributed by atoms with Gasteiger partial charge in [-0.1, -0.05) is 24.3 Å². The van der Waals surface area contributed by atoms with Crippen LogP contribution in [0.4, 0.5) is 5.69 Å². The molecule has 0 aliphatic carbocycles. The highest BCUT2D eigenvalue weighted by Gasteiger charge is 1.93. The van der Waals surface area contributed by atoms with Crippen LogP contribution in [0.2, 0.25) is 0 Å². The van der Waals surface area contributed by atoms with E-state index in [4.69, 9.17) is 0 Å². The van der Waals surface area contributed by atoms with Crippen molar-refractivity contribution in [1.29, 1.82) is 0 Å². The Morgan fingerprint density at radius 2 is 1.94 bits per heavy atom. The smallest absolute Gasteiger partial charge is 0.211 e. The third kappa shape index (κ3) is 3.28. The van der Waals surface area contributed by atoms with Gasteiger partial charge in [-0.25, -0.2) is 0 Å². The van der Waals surface area contributed by atoms with Crippen LogP contribution >= 0.6 is 0 Å². The molecule has 0 saturated heterocycles. The van der Waals surface area contributed by atoms with Crippen LogP contribution in [0.5, 0.6) is 0 Å². The summed E-state index contributed by atoms with van der Waals surface area (Å²) >= 11 is 0. The topological polar surface area (TPSA) is 42.0 Å². The Labute approximate surface area is 106 Å². The molecular formula is C15H14N2O. The van der Waals surface area contributed by atoms with E-state index in [0.717, 1.165) is 22.6 Å². The van der Waals surface area contributed by atoms with Crippen molar-refractivity contribution in [1.82, 2.24) is 4.98 Å². The van der Waals surface area contributed by atoms with E-state index in [9.17, 15) is 4.79 Å². The van der Waals surface area contributed by atoms with Gasteiger partial charge in [0, 0.05) is 11.4 Å². The molecule has 0 atom stereocenters. The van der Waals surface area contributed by atoms with Crippen LogP contribution in [0.15, 0.2) is 42.5 Å². The second kappa shape index (κ2) is 5.77. The average Bonchev–Trinajstić information content (AvgIpc) is 2.37. The van der Waals surface area contributed by atoms with Crippen molar-refractivity contribution in [2.75, 3.05) is 5.32 Å². The van der Waals surface area contributed by atoms with Gasteiger partial charge in [0.15, 0.2) is 0 Å². The van der Waals surface area contributed by atoms with E-state index < -0.39 is 0 Å². The fourth-order valence-corrected chi connectivity index (χ4v) is 1.64. The number of rotatable bonds is 4. The van der Waals surface area contributed by atoms with E-state index in [0.29, 0.717) is 6.41 Å². The lowest BCUT2D eigenvalue weighted by Crippen LogP contribution is -1.93. The number of aromatic nitrogens is 1. The fourth-order valence-electron chi connectivity index (χ4n) is 1.64. The van der Waals surface area contributed by atoms with E-state index in [-0.39, 0.29) is 0 Å². The maximum absolute atomic E-state index is 10.4. The summed E-state index contributed by atoms with van der Waals surface area (Å²) in [5.41, 5.74) is 3.71. The summed E-state index contributed by atoms with van der Waals surface area (Å²) in [4.78, 5) is 14.8. The molecule has 0 spiro atoms. The molecule has 1 aromatic carbocycles. The minimum Gasteiger partial charge on any atom is -0.329 e. The number of nitrogens with one attached hydrogen (secondary N) is 1. The summed E-state index contributed by atoms with van der Waals surface area (Å²) in [5.74, 6) is 0. The highest BCUT2D eigenvalue weighted by molar-refractivity contribution is 5.75. The number of carbonyl (C=O) groups excluding carboxylic acids is 1. The zero-order chi connectivity index (χ0) is 12.8. The molecule has 3 nitrogen and oxygen atoms in total. The number of aryl methyl sites for hydroxylation is 1. The molecule has 1 N–H and O–H groups in total. The molecule has 0 unspecified atom stereocenters. The van der Waals surface area contributed by atoms with Gasteiger partial charge in [0.05, 0.1) is 5.69 Å². The van der Waals surface area contributed by atoms with Crippen LogP contribution in [0.25, 0.3) is 12.2 Å². The monoisotopic (exact) mass is 238 g/mol. The molecule has 1 aromatic heterocycles. The van der Waals surface area contributed by atoms with Crippen molar-refractivity contribution in [2.24, 2.45) is 0 Å². The highest BCUT2D eigenvalue weighted by atomic mass is 16.1. The van der Waals surface area contributed by atoms with Crippen molar-refractivity contribution in [3.05, 3.63) is 59.4 Å². The second-order valence-corrected chi connectivity index (χ2v) is 3.92. The fraction of sp³-hybridized carbons (Fsp3) is 0.0667. The van der Waals surface area contributed by atoms with Gasteiger partial charge in [0.25, 0.3) is 0 Å². The van der Waals surface area contributed by atoms with Crippen molar-refractivity contribution >= 4 is 24.2 Å². The first-order valence-electron chi connectivity index (χ1n) is 5.70. The Morgan fingerprint density at radius 1 is 1.11 bits per heavy atom. The van der Waals surface area contributed by atoms with Crippen LogP contribution < -0.4 is 5.32 Å². The SMILES string of the molecule is Cc1cccc(C=Cc2cccc(NC=O)c2)n1. The number of hydrogen-bond donors (Lipinski definition) is 1. The van der Waals surface area contributed by atoms with Gasteiger partial charge < -0.3 is 5.32 Å². The molecule has 0 radical (unpaired) electrons. The van der Waals surface area contributed by atoms with Gasteiger partial charge in [-0.15, -0.1) is 0 Å². The summed E-state index contributed by atoms with van der Waals surface area (Å²) in [5, 5.41) is 2.63. The largest absolute Gasteiger partial charge is 0.329 e. The van der Waals surface area contributed by atoms with Crippen LogP contribution in [0.1, 0.15) is 17.0 Å². The zero-order valence-electron chi connectivity index (χ0n) is 10.1. The quantitative estimate of drug-likeness (QED) is 0.831. The van der Waals surface area contributed by atoms with Gasteiger partial charge in [-0.2, -0.15) is 0 Å². The molecule has 1 amide bonds. The molecule has 0 bridgehead atoms. The van der Waals surface area contributed by atoms with Crippen molar-refractivity contribution < 1.29 is 4.79 Å². The minimum atomic E-state index is 0.672. The van der Waals surface area contributed by atoms with Gasteiger partial charge in [0.1, 0.15) is 0 Å². The van der Waals surface area contributed by atoms with E-state index in [1.54, 1.807) is 0 Å². The molecule has 1 heterocycles. The van der Waals surface area contributed by atoms with Crippen LogP contribution in [0.3, 0.4) is 0 Å². The molecule has 0 aliphatic rings. The maximum atomic E-state index is 10.4. The lowest BCUT2D eigenvalue weighted by atomic mass is 10.1. The summed E-state index contributed by atoms with van der Waals surface area (Å²) < 4.78 is 0. The Hall–Kier alpha value is -2.42. The molecule has 0 aliphatic heterocycles. The molecule has 90 valence electrons. The molecule has 0 fully saturated rings. The van der Waals surface area contributed by atoms with E-state index >= 15 is 0 Å². The van der Waals surface area contributed by atoms with Crippen LogP contribution in [-0.2, 0) is 4.79 Å². The van der Waals surface area contributed by atoms with E-state index in [2.05, 4.69) is 10.3 Å². The molecular weight excluding hydrogens is 224 g/mol. The van der Waals surface area contributed by atoms with Gasteiger partial charge in [-0.3, -0.25) is 9.78 Å². The van der Waals surface area contributed by atoms with Crippen LogP contribution in [0, 0.1) is 6.92 Å². The third-order valence-electron chi connectivity index (χ3n) is 2.47. The lowest BCUT2D eigenvalue weighted by molar-refractivity contribution is -0.105. The Bertz CT molecular complexity index is 576. The summed E-state index contributed by atoms with van der Waals surface area (Å²) in [6, 6.07) is 13.5. The van der Waals surface area contributed by atoms with Gasteiger partial charge in [0.2, 0.25) is 6.41 Å². The Kier molecular flexibility index (Phi) is 3.86. The standard InChI is InChI=1S/C15H14N2O/c1-12-4-2-6-14(17-12)9-8-13-5-3-7-15(10-13)16-11-18/h2-11H,1H3,(H,16,18). The van der Waals surface area contributed by atoms with E-state index in [1.807, 2.05) is 61.5 Å². The number of nitrogens with zero attached hydrogens (tertiary/aromatic N) is 1. The van der Waals surface area contributed by atoms with Gasteiger partial charge >= 0.3 is 0 Å². The number of carbonyl (C=O) groups is 1. The number of anilines is 1. The zero-order valence-corrected chi connectivity index (χ0v) is 10.1. The lowest BCUT2D eigenvalue weighted by Gasteiger charge is -2.00. The first-order valence-corrected chi connectivity index (χ1v) is 5.70. The Balaban J connectivity index is 2.18. The van der Waals surface area contributed by atoms with Crippen LogP contribution in [-0.4, -0.2) is 11.4 Å². The average molecular weight is 238 g/mol. The molecule has 2 aromatic rings. The molecule has 2 rings (SSSR count). The van der Waals surface area contributed by atoms with Gasteiger partial charge in [-0.05, 0) is 42.8 Å². The molecule has 18 heavy (non-hydrogen) atoms. The number of benzene rings is 1. The molecule has 3 heteroatoms. The summed E-state index contributed by atoms with van der Waals surface area (Å²) in [7, 11) is 0. The first kappa shape index (κ1) is 12.0. The van der Waals surface area contributed by atoms with Crippen molar-refractivity contribution in [2.45, 2.75) is 6.92 Å². The van der Waals surface area contributed by atoms with E-state index in [1.165, 1.54) is 0 Å². The number of amides is 1. The minimum absolute atomic E-state index is 0.672. The highest BCUT2D eigenvalue weighted by Crippen LogP contribution is 2.12. The first-order chi connectivity index (χ1) is 8.78. The normalized spacial score (nSPS) is 10.5. The summed E-state index contributed by atoms with van der Waals surface area (Å²) in [6.07, 6.45) is 4.59. The number of pyridine rings is 1. The summed E-state index contributed by atoms with van der Waals surface area (Å²) in [6.45, 7) is 1.96. The Morgan fingerprint density at radius 3 is 2.72 bits per heavy atom. The number of hydrogen-bond acceptors (Lipinski definition) is 2. The van der Waals surface area contributed by atoms with Crippen molar-refractivity contribution in [3.63, 3.8) is 0 Å². The second-order valence-electron chi connectivity index (χ2n) is 3.92. The predicted octanol–water partition coefficient (Wildman–Crippen LogP) is 3.13. The van der Waals surface area contributed by atoms with Crippen molar-refractivity contribution in [3.8, 4) is 0 Å². The third-order valence-corrected chi connectivity index (χ3v) is 2.47. The predicted molar refractivity (Wildman–Crippen MR) is 74.0 cm³/mol.